The number of benzene rings is 2. The fourth-order valence-corrected chi connectivity index (χ4v) is 4.85. The molecule has 7 nitrogen and oxygen atoms in total. The second-order valence-electron chi connectivity index (χ2n) is 8.21. The molecule has 31 heavy (non-hydrogen) atoms. The second-order valence-corrected chi connectivity index (χ2v) is 8.21. The lowest BCUT2D eigenvalue weighted by molar-refractivity contribution is -0.131. The highest BCUT2D eigenvalue weighted by Crippen LogP contribution is 2.48. The van der Waals surface area contributed by atoms with Crippen LogP contribution in [0.5, 0.6) is 11.5 Å². The highest BCUT2D eigenvalue weighted by molar-refractivity contribution is 5.86. The Bertz CT molecular complexity index is 918. The van der Waals surface area contributed by atoms with Crippen molar-refractivity contribution in [2.45, 2.75) is 38.4 Å². The summed E-state index contributed by atoms with van der Waals surface area (Å²) in [5.41, 5.74) is 9.43. The molecule has 0 radical (unpaired) electrons. The average molecular weight is 426 g/mol. The maximum Gasteiger partial charge on any atom is 0.242 e. The third-order valence-electron chi connectivity index (χ3n) is 6.21. The Morgan fingerprint density at radius 2 is 1.84 bits per heavy atom. The zero-order chi connectivity index (χ0) is 22.0. The molecule has 166 valence electrons. The van der Waals surface area contributed by atoms with Gasteiger partial charge in [0, 0.05) is 31.7 Å². The molecule has 2 fully saturated rings. The number of aromatic hydroxyl groups is 1. The van der Waals surface area contributed by atoms with Gasteiger partial charge in [0.05, 0.1) is 18.7 Å². The maximum absolute atomic E-state index is 13.4. The van der Waals surface area contributed by atoms with Crippen molar-refractivity contribution < 1.29 is 19.4 Å². The van der Waals surface area contributed by atoms with Crippen LogP contribution in [0.3, 0.4) is 0 Å². The zero-order valence-electron chi connectivity index (χ0n) is 18.3. The summed E-state index contributed by atoms with van der Waals surface area (Å²) in [7, 11) is 1.67. The molecule has 2 aliphatic heterocycles. The van der Waals surface area contributed by atoms with Crippen molar-refractivity contribution in [3.8, 4) is 11.5 Å². The SMILES string of the molecule is CCOc1ccc(C2C3C(NNC3c3cc(C)ccc3O)C(=O)N2CCCOC)cc1. The molecule has 4 unspecified atom stereocenters. The minimum atomic E-state index is -0.357. The molecular weight excluding hydrogens is 394 g/mol. The highest BCUT2D eigenvalue weighted by atomic mass is 16.5. The number of amides is 1. The maximum atomic E-state index is 13.4. The largest absolute Gasteiger partial charge is 0.508 e. The minimum Gasteiger partial charge on any atom is -0.508 e. The number of phenolic OH excluding ortho intramolecular Hbond substituents is 1. The molecule has 0 saturated carbocycles. The van der Waals surface area contributed by atoms with E-state index in [-0.39, 0.29) is 35.7 Å². The number of methoxy groups -OCH3 is 1. The summed E-state index contributed by atoms with van der Waals surface area (Å²) >= 11 is 0. The van der Waals surface area contributed by atoms with Crippen molar-refractivity contribution in [2.75, 3.05) is 26.9 Å². The predicted octanol–water partition coefficient (Wildman–Crippen LogP) is 2.85. The smallest absolute Gasteiger partial charge is 0.242 e. The first kappa shape index (κ1) is 21.6. The van der Waals surface area contributed by atoms with Gasteiger partial charge in [0.15, 0.2) is 0 Å². The Morgan fingerprint density at radius 1 is 1.10 bits per heavy atom. The molecule has 0 aliphatic carbocycles. The number of rotatable bonds is 8. The van der Waals surface area contributed by atoms with Gasteiger partial charge in [-0.25, -0.2) is 10.9 Å². The van der Waals surface area contributed by atoms with Crippen LogP contribution in [0.25, 0.3) is 0 Å². The number of fused-ring (bicyclic) bond motifs is 1. The zero-order valence-corrected chi connectivity index (χ0v) is 18.3. The lowest BCUT2D eigenvalue weighted by Gasteiger charge is -2.31. The number of ether oxygens (including phenoxy) is 2. The highest BCUT2D eigenvalue weighted by Gasteiger charge is 2.55. The number of nitrogens with one attached hydrogen (secondary N) is 2. The van der Waals surface area contributed by atoms with E-state index in [1.54, 1.807) is 13.2 Å². The van der Waals surface area contributed by atoms with Crippen molar-refractivity contribution in [3.05, 3.63) is 59.2 Å². The molecule has 0 bridgehead atoms. The topological polar surface area (TPSA) is 83.1 Å². The molecule has 2 heterocycles. The third-order valence-corrected chi connectivity index (χ3v) is 6.21. The predicted molar refractivity (Wildman–Crippen MR) is 118 cm³/mol. The summed E-state index contributed by atoms with van der Waals surface area (Å²) in [6.07, 6.45) is 0.767. The van der Waals surface area contributed by atoms with Gasteiger partial charge >= 0.3 is 0 Å². The van der Waals surface area contributed by atoms with Gasteiger partial charge in [-0.3, -0.25) is 4.79 Å². The van der Waals surface area contributed by atoms with Crippen molar-refractivity contribution >= 4 is 5.91 Å². The number of phenols is 1. The van der Waals surface area contributed by atoms with Crippen LogP contribution in [0.1, 0.15) is 42.1 Å². The van der Waals surface area contributed by atoms with Crippen LogP contribution < -0.4 is 15.6 Å². The molecule has 4 rings (SSSR count). The van der Waals surface area contributed by atoms with E-state index in [9.17, 15) is 9.90 Å². The molecule has 3 N–H and O–H groups in total. The van der Waals surface area contributed by atoms with E-state index in [0.29, 0.717) is 19.8 Å². The molecule has 2 aromatic rings. The number of aryl methyl sites for hydroxylation is 1. The summed E-state index contributed by atoms with van der Waals surface area (Å²) in [5.74, 6) is 1.05. The van der Waals surface area contributed by atoms with Crippen molar-refractivity contribution in [1.82, 2.24) is 15.8 Å². The Hall–Kier alpha value is -2.61. The van der Waals surface area contributed by atoms with Crippen LogP contribution in [0.2, 0.25) is 0 Å². The number of carbonyl (C=O) groups excluding carboxylic acids is 1. The summed E-state index contributed by atoms with van der Waals surface area (Å²) in [6.45, 7) is 5.79. The molecule has 7 heteroatoms. The minimum absolute atomic E-state index is 0.0688. The van der Waals surface area contributed by atoms with E-state index >= 15 is 0 Å². The monoisotopic (exact) mass is 425 g/mol. The molecule has 1 amide bonds. The van der Waals surface area contributed by atoms with Crippen LogP contribution in [0.4, 0.5) is 0 Å². The molecular formula is C24H31N3O4. The van der Waals surface area contributed by atoms with Gasteiger partial charge in [-0.05, 0) is 44.0 Å². The standard InChI is InChI=1S/C24H31N3O4/c1-4-31-17-9-7-16(8-10-17)23-20-21(18-14-15(2)6-11-19(18)28)25-26-22(20)24(29)27(23)12-5-13-30-3/h6-11,14,20-23,25-26,28H,4-5,12-13H2,1-3H3. The Labute approximate surface area is 183 Å². The van der Waals surface area contributed by atoms with Crippen LogP contribution >= 0.6 is 0 Å². The van der Waals surface area contributed by atoms with Gasteiger partial charge in [-0.15, -0.1) is 0 Å². The molecule has 2 aromatic carbocycles. The van der Waals surface area contributed by atoms with E-state index in [1.165, 1.54) is 0 Å². The van der Waals surface area contributed by atoms with Gasteiger partial charge in [-0.2, -0.15) is 0 Å². The molecule has 0 spiro atoms. The second kappa shape index (κ2) is 9.26. The normalized spacial score (nSPS) is 25.1. The molecule has 2 saturated heterocycles. The molecule has 0 aromatic heterocycles. The number of hydrogen-bond acceptors (Lipinski definition) is 6. The van der Waals surface area contributed by atoms with Gasteiger partial charge < -0.3 is 19.5 Å². The summed E-state index contributed by atoms with van der Waals surface area (Å²) < 4.78 is 10.8. The van der Waals surface area contributed by atoms with Crippen LogP contribution in [0.15, 0.2) is 42.5 Å². The van der Waals surface area contributed by atoms with Gasteiger partial charge in [0.1, 0.15) is 17.5 Å². The number of carbonyl (C=O) groups is 1. The van der Waals surface area contributed by atoms with E-state index in [0.717, 1.165) is 28.9 Å². The van der Waals surface area contributed by atoms with Crippen LogP contribution in [0, 0.1) is 12.8 Å². The number of likely N-dealkylation sites (tertiary alicyclic amines) is 1. The van der Waals surface area contributed by atoms with Gasteiger partial charge in [-0.1, -0.05) is 29.8 Å². The van der Waals surface area contributed by atoms with E-state index in [2.05, 4.69) is 10.9 Å². The summed E-state index contributed by atoms with van der Waals surface area (Å²) in [4.78, 5) is 15.3. The molecule has 2 aliphatic rings. The summed E-state index contributed by atoms with van der Waals surface area (Å²) in [6, 6.07) is 12.9. The molecule has 4 atom stereocenters. The fraction of sp³-hybridized carbons (Fsp3) is 0.458. The fourth-order valence-electron chi connectivity index (χ4n) is 4.85. The van der Waals surface area contributed by atoms with Crippen LogP contribution in [-0.2, 0) is 9.53 Å². The van der Waals surface area contributed by atoms with Crippen molar-refractivity contribution in [1.29, 1.82) is 0 Å². The Morgan fingerprint density at radius 3 is 2.55 bits per heavy atom. The number of hydrogen-bond donors (Lipinski definition) is 3. The first-order valence-electron chi connectivity index (χ1n) is 10.9. The number of hydrazine groups is 1. The Balaban J connectivity index is 1.71. The summed E-state index contributed by atoms with van der Waals surface area (Å²) in [5, 5.41) is 10.6. The lowest BCUT2D eigenvalue weighted by atomic mass is 9.83. The van der Waals surface area contributed by atoms with Crippen LogP contribution in [-0.4, -0.2) is 48.8 Å². The quantitative estimate of drug-likeness (QED) is 0.564. The van der Waals surface area contributed by atoms with E-state index in [4.69, 9.17) is 9.47 Å². The van der Waals surface area contributed by atoms with Crippen molar-refractivity contribution in [3.63, 3.8) is 0 Å². The van der Waals surface area contributed by atoms with E-state index in [1.807, 2.05) is 55.1 Å². The first-order chi connectivity index (χ1) is 15.0. The third kappa shape index (κ3) is 4.13. The van der Waals surface area contributed by atoms with Gasteiger partial charge in [0.25, 0.3) is 0 Å². The lowest BCUT2D eigenvalue weighted by Crippen LogP contribution is -2.41. The van der Waals surface area contributed by atoms with E-state index < -0.39 is 0 Å². The number of nitrogens with zero attached hydrogens (tertiary/aromatic N) is 1. The van der Waals surface area contributed by atoms with Crippen molar-refractivity contribution in [2.24, 2.45) is 5.92 Å². The van der Waals surface area contributed by atoms with Gasteiger partial charge in [0.2, 0.25) is 5.91 Å². The first-order valence-corrected chi connectivity index (χ1v) is 10.9. The Kier molecular flexibility index (Phi) is 6.46. The average Bonchev–Trinajstić information content (AvgIpc) is 3.30.